The molecule has 3 nitrogen and oxygen atoms in total. The van der Waals surface area contributed by atoms with Crippen LogP contribution in [0.4, 0.5) is 0 Å². The van der Waals surface area contributed by atoms with Crippen molar-refractivity contribution in [2.24, 2.45) is 0 Å². The van der Waals surface area contributed by atoms with E-state index < -0.39 is 5.54 Å². The number of benzene rings is 1. The number of hydrogen-bond donors (Lipinski definition) is 3. The summed E-state index contributed by atoms with van der Waals surface area (Å²) in [7, 11) is 0. The van der Waals surface area contributed by atoms with Gasteiger partial charge < -0.3 is 15.5 Å². The van der Waals surface area contributed by atoms with Crippen LogP contribution in [0.25, 0.3) is 0 Å². The Morgan fingerprint density at radius 2 is 2.00 bits per heavy atom. The molecule has 0 aromatic heterocycles. The Labute approximate surface area is 102 Å². The van der Waals surface area contributed by atoms with Gasteiger partial charge in [0.2, 0.25) is 0 Å². The van der Waals surface area contributed by atoms with Crippen LogP contribution in [0.15, 0.2) is 30.3 Å². The molecule has 0 heterocycles. The van der Waals surface area contributed by atoms with Crippen molar-refractivity contribution < 1.29 is 10.2 Å². The molecule has 0 bridgehead atoms. The minimum absolute atomic E-state index is 0.0280. The lowest BCUT2D eigenvalue weighted by Crippen LogP contribution is -2.51. The van der Waals surface area contributed by atoms with Gasteiger partial charge in [0.15, 0.2) is 0 Å². The molecule has 0 saturated heterocycles. The molecule has 94 valence electrons. The van der Waals surface area contributed by atoms with Gasteiger partial charge in [-0.1, -0.05) is 30.3 Å². The van der Waals surface area contributed by atoms with E-state index in [4.69, 9.17) is 0 Å². The molecule has 17 heavy (non-hydrogen) atoms. The van der Waals surface area contributed by atoms with E-state index in [9.17, 15) is 10.2 Å². The van der Waals surface area contributed by atoms with Gasteiger partial charge in [-0.15, -0.1) is 0 Å². The number of aliphatic hydroxyl groups is 2. The van der Waals surface area contributed by atoms with Crippen molar-refractivity contribution >= 4 is 0 Å². The summed E-state index contributed by atoms with van der Waals surface area (Å²) in [6.07, 6.45) is 2.59. The van der Waals surface area contributed by atoms with Crippen molar-refractivity contribution in [1.29, 1.82) is 0 Å². The molecule has 0 amide bonds. The van der Waals surface area contributed by atoms with Crippen LogP contribution in [0.1, 0.15) is 31.7 Å². The average Bonchev–Trinajstić information content (AvgIpc) is 2.76. The third-order valence-corrected chi connectivity index (χ3v) is 3.71. The van der Waals surface area contributed by atoms with E-state index in [2.05, 4.69) is 5.32 Å². The third kappa shape index (κ3) is 2.68. The highest BCUT2D eigenvalue weighted by molar-refractivity contribution is 5.24. The quantitative estimate of drug-likeness (QED) is 0.739. The standard InChI is InChI=1S/C14H21NO2/c1-14(10-16,11-6-3-2-4-7-11)15-12-8-5-9-13(12)17/h2-4,6-7,12-13,15-17H,5,8-10H2,1H3/t12-,13-,14?/m1/s1. The van der Waals surface area contributed by atoms with Crippen LogP contribution in [0, 0.1) is 0 Å². The summed E-state index contributed by atoms with van der Waals surface area (Å²) in [5.74, 6) is 0. The molecule has 3 heteroatoms. The zero-order chi connectivity index (χ0) is 12.3. The van der Waals surface area contributed by atoms with E-state index in [1.54, 1.807) is 0 Å². The lowest BCUT2D eigenvalue weighted by Gasteiger charge is -2.34. The fourth-order valence-electron chi connectivity index (χ4n) is 2.54. The van der Waals surface area contributed by atoms with Gasteiger partial charge in [0.25, 0.3) is 0 Å². The molecule has 1 saturated carbocycles. The summed E-state index contributed by atoms with van der Waals surface area (Å²) in [6.45, 7) is 2.01. The zero-order valence-corrected chi connectivity index (χ0v) is 10.3. The van der Waals surface area contributed by atoms with Gasteiger partial charge in [0.1, 0.15) is 0 Å². The molecule has 1 fully saturated rings. The number of hydrogen-bond acceptors (Lipinski definition) is 3. The van der Waals surface area contributed by atoms with Gasteiger partial charge in [-0.25, -0.2) is 0 Å². The number of rotatable bonds is 4. The molecule has 2 rings (SSSR count). The molecule has 1 unspecified atom stereocenters. The van der Waals surface area contributed by atoms with Crippen molar-refractivity contribution in [2.45, 2.75) is 43.9 Å². The highest BCUT2D eigenvalue weighted by Crippen LogP contribution is 2.26. The second-order valence-electron chi connectivity index (χ2n) is 5.11. The van der Waals surface area contributed by atoms with Crippen molar-refractivity contribution in [3.8, 4) is 0 Å². The predicted octanol–water partition coefficient (Wildman–Crippen LogP) is 1.40. The minimum atomic E-state index is -0.475. The lowest BCUT2D eigenvalue weighted by atomic mass is 9.91. The number of nitrogens with one attached hydrogen (secondary N) is 1. The van der Waals surface area contributed by atoms with Gasteiger partial charge >= 0.3 is 0 Å². The summed E-state index contributed by atoms with van der Waals surface area (Å²) in [5, 5.41) is 22.9. The third-order valence-electron chi connectivity index (χ3n) is 3.71. The predicted molar refractivity (Wildman–Crippen MR) is 67.7 cm³/mol. The first-order chi connectivity index (χ1) is 8.15. The molecule has 0 aliphatic heterocycles. The van der Waals surface area contributed by atoms with Gasteiger partial charge in [0, 0.05) is 6.04 Å². The second kappa shape index (κ2) is 5.17. The van der Waals surface area contributed by atoms with Crippen LogP contribution in [0.5, 0.6) is 0 Å². The van der Waals surface area contributed by atoms with Crippen LogP contribution in [0.3, 0.4) is 0 Å². The Hall–Kier alpha value is -0.900. The maximum absolute atomic E-state index is 9.85. The molecule has 0 spiro atoms. The first-order valence-electron chi connectivity index (χ1n) is 6.28. The molecule has 1 aliphatic carbocycles. The average molecular weight is 235 g/mol. The molecular weight excluding hydrogens is 214 g/mol. The fraction of sp³-hybridized carbons (Fsp3) is 0.571. The largest absolute Gasteiger partial charge is 0.394 e. The number of aliphatic hydroxyl groups excluding tert-OH is 2. The molecule has 3 atom stereocenters. The maximum atomic E-state index is 9.85. The normalized spacial score (nSPS) is 27.9. The first-order valence-corrected chi connectivity index (χ1v) is 6.28. The van der Waals surface area contributed by atoms with E-state index >= 15 is 0 Å². The van der Waals surface area contributed by atoms with Gasteiger partial charge in [0.05, 0.1) is 18.2 Å². The van der Waals surface area contributed by atoms with E-state index in [0.29, 0.717) is 0 Å². The summed E-state index contributed by atoms with van der Waals surface area (Å²) in [4.78, 5) is 0. The van der Waals surface area contributed by atoms with Crippen molar-refractivity contribution in [1.82, 2.24) is 5.32 Å². The smallest absolute Gasteiger partial charge is 0.0693 e. The van der Waals surface area contributed by atoms with Crippen LogP contribution in [-0.4, -0.2) is 29.0 Å². The van der Waals surface area contributed by atoms with E-state index in [0.717, 1.165) is 24.8 Å². The summed E-state index contributed by atoms with van der Waals surface area (Å²) in [6, 6.07) is 10.00. The fourth-order valence-corrected chi connectivity index (χ4v) is 2.54. The molecule has 0 radical (unpaired) electrons. The molecule has 1 aromatic carbocycles. The Bertz CT molecular complexity index is 354. The highest BCUT2D eigenvalue weighted by Gasteiger charge is 2.33. The van der Waals surface area contributed by atoms with Crippen LogP contribution in [-0.2, 0) is 5.54 Å². The Kier molecular flexibility index (Phi) is 3.82. The van der Waals surface area contributed by atoms with E-state index in [-0.39, 0.29) is 18.8 Å². The molecule has 3 N–H and O–H groups in total. The SMILES string of the molecule is CC(CO)(N[C@@H]1CCC[C@H]1O)c1ccccc1. The van der Waals surface area contributed by atoms with Gasteiger partial charge in [-0.2, -0.15) is 0 Å². The zero-order valence-electron chi connectivity index (χ0n) is 10.3. The van der Waals surface area contributed by atoms with E-state index in [1.807, 2.05) is 37.3 Å². The summed E-state index contributed by atoms with van der Waals surface area (Å²) >= 11 is 0. The second-order valence-corrected chi connectivity index (χ2v) is 5.11. The monoisotopic (exact) mass is 235 g/mol. The molecular formula is C14H21NO2. The van der Waals surface area contributed by atoms with Crippen molar-refractivity contribution in [3.63, 3.8) is 0 Å². The Balaban J connectivity index is 2.14. The minimum Gasteiger partial charge on any atom is -0.394 e. The summed E-state index contributed by atoms with van der Waals surface area (Å²) in [5.41, 5.74) is 0.582. The van der Waals surface area contributed by atoms with Crippen LogP contribution < -0.4 is 5.32 Å². The summed E-state index contributed by atoms with van der Waals surface area (Å²) < 4.78 is 0. The van der Waals surface area contributed by atoms with Crippen molar-refractivity contribution in [2.75, 3.05) is 6.61 Å². The maximum Gasteiger partial charge on any atom is 0.0693 e. The Morgan fingerprint density at radius 1 is 1.29 bits per heavy atom. The first kappa shape index (κ1) is 12.6. The highest BCUT2D eigenvalue weighted by atomic mass is 16.3. The van der Waals surface area contributed by atoms with Crippen LogP contribution in [0.2, 0.25) is 0 Å². The van der Waals surface area contributed by atoms with Crippen LogP contribution >= 0.6 is 0 Å². The van der Waals surface area contributed by atoms with E-state index in [1.165, 1.54) is 0 Å². The Morgan fingerprint density at radius 3 is 2.53 bits per heavy atom. The topological polar surface area (TPSA) is 52.5 Å². The van der Waals surface area contributed by atoms with Crippen molar-refractivity contribution in [3.05, 3.63) is 35.9 Å². The van der Waals surface area contributed by atoms with Gasteiger partial charge in [-0.05, 0) is 31.7 Å². The van der Waals surface area contributed by atoms with Gasteiger partial charge in [-0.3, -0.25) is 0 Å². The lowest BCUT2D eigenvalue weighted by molar-refractivity contribution is 0.102. The molecule has 1 aliphatic rings. The molecule has 1 aromatic rings.